The number of ether oxygens (including phenoxy) is 1. The molecule has 17 heavy (non-hydrogen) atoms. The zero-order valence-corrected chi connectivity index (χ0v) is 9.66. The van der Waals surface area contributed by atoms with Gasteiger partial charge < -0.3 is 14.5 Å². The van der Waals surface area contributed by atoms with Crippen LogP contribution in [0.3, 0.4) is 0 Å². The third-order valence-electron chi connectivity index (χ3n) is 2.32. The lowest BCUT2D eigenvalue weighted by molar-refractivity contribution is 0.411. The van der Waals surface area contributed by atoms with Crippen molar-refractivity contribution in [2.45, 2.75) is 6.54 Å². The fourth-order valence-electron chi connectivity index (χ4n) is 1.49. The first kappa shape index (κ1) is 11.6. The van der Waals surface area contributed by atoms with Gasteiger partial charge in [-0.05, 0) is 19.2 Å². The molecule has 2 aromatic rings. The van der Waals surface area contributed by atoms with Crippen LogP contribution in [0.15, 0.2) is 28.8 Å². The highest BCUT2D eigenvalue weighted by atomic mass is 19.1. The van der Waals surface area contributed by atoms with Gasteiger partial charge >= 0.3 is 0 Å². The highest BCUT2D eigenvalue weighted by molar-refractivity contribution is 5.58. The van der Waals surface area contributed by atoms with Crippen molar-refractivity contribution in [2.75, 3.05) is 14.2 Å². The molecule has 0 aliphatic heterocycles. The quantitative estimate of drug-likeness (QED) is 0.884. The Hall–Kier alpha value is -1.88. The van der Waals surface area contributed by atoms with Crippen molar-refractivity contribution in [1.29, 1.82) is 0 Å². The standard InChI is InChI=1S/C12H13FN2O2/c1-14-7-12-15-6-11(17-12)9-4-3-8(16-2)5-10(9)13/h3-6,14H,7H2,1-2H3. The van der Waals surface area contributed by atoms with Crippen LogP contribution in [0.2, 0.25) is 0 Å². The summed E-state index contributed by atoms with van der Waals surface area (Å²) < 4.78 is 24.1. The molecule has 0 fully saturated rings. The van der Waals surface area contributed by atoms with Crippen molar-refractivity contribution in [3.63, 3.8) is 0 Å². The number of rotatable bonds is 4. The molecule has 0 spiro atoms. The van der Waals surface area contributed by atoms with E-state index in [2.05, 4.69) is 10.3 Å². The minimum absolute atomic E-state index is 0.376. The number of benzene rings is 1. The molecule has 1 aromatic heterocycles. The maximum Gasteiger partial charge on any atom is 0.208 e. The summed E-state index contributed by atoms with van der Waals surface area (Å²) >= 11 is 0. The number of hydrogen-bond donors (Lipinski definition) is 1. The minimum Gasteiger partial charge on any atom is -0.497 e. The van der Waals surface area contributed by atoms with Gasteiger partial charge in [0.1, 0.15) is 11.6 Å². The molecule has 5 heteroatoms. The van der Waals surface area contributed by atoms with Gasteiger partial charge in [-0.1, -0.05) is 0 Å². The van der Waals surface area contributed by atoms with Gasteiger partial charge in [0.05, 0.1) is 25.4 Å². The van der Waals surface area contributed by atoms with E-state index in [9.17, 15) is 4.39 Å². The number of halogens is 1. The second-order valence-corrected chi connectivity index (χ2v) is 3.49. The van der Waals surface area contributed by atoms with Crippen molar-refractivity contribution < 1.29 is 13.5 Å². The van der Waals surface area contributed by atoms with Gasteiger partial charge in [0.25, 0.3) is 0 Å². The molecule has 1 heterocycles. The van der Waals surface area contributed by atoms with Crippen molar-refractivity contribution in [3.05, 3.63) is 36.1 Å². The van der Waals surface area contributed by atoms with Crippen molar-refractivity contribution in [3.8, 4) is 17.1 Å². The summed E-state index contributed by atoms with van der Waals surface area (Å²) in [6.45, 7) is 0.512. The fraction of sp³-hybridized carbons (Fsp3) is 0.250. The van der Waals surface area contributed by atoms with Crippen LogP contribution >= 0.6 is 0 Å². The van der Waals surface area contributed by atoms with Gasteiger partial charge in [-0.2, -0.15) is 0 Å². The normalized spacial score (nSPS) is 10.5. The monoisotopic (exact) mass is 236 g/mol. The van der Waals surface area contributed by atoms with E-state index in [0.717, 1.165) is 0 Å². The molecule has 2 rings (SSSR count). The van der Waals surface area contributed by atoms with E-state index in [0.29, 0.717) is 29.5 Å². The maximum absolute atomic E-state index is 13.7. The third kappa shape index (κ3) is 2.45. The summed E-state index contributed by atoms with van der Waals surface area (Å²) in [6.07, 6.45) is 1.51. The van der Waals surface area contributed by atoms with Crippen molar-refractivity contribution in [1.82, 2.24) is 10.3 Å². The smallest absolute Gasteiger partial charge is 0.208 e. The van der Waals surface area contributed by atoms with Crippen LogP contribution in [-0.2, 0) is 6.54 Å². The lowest BCUT2D eigenvalue weighted by Crippen LogP contribution is -2.04. The maximum atomic E-state index is 13.7. The van der Waals surface area contributed by atoms with E-state index in [1.54, 1.807) is 19.2 Å². The van der Waals surface area contributed by atoms with Crippen LogP contribution in [0, 0.1) is 5.82 Å². The van der Waals surface area contributed by atoms with E-state index in [1.807, 2.05) is 0 Å². The van der Waals surface area contributed by atoms with Crippen molar-refractivity contribution >= 4 is 0 Å². The van der Waals surface area contributed by atoms with Crippen LogP contribution in [0.1, 0.15) is 5.89 Å². The molecule has 90 valence electrons. The number of nitrogens with one attached hydrogen (secondary N) is 1. The Bertz CT molecular complexity index is 511. The number of oxazole rings is 1. The zero-order chi connectivity index (χ0) is 12.3. The SMILES string of the molecule is CNCc1ncc(-c2ccc(OC)cc2F)o1. The van der Waals surface area contributed by atoms with Gasteiger partial charge in [-0.3, -0.25) is 0 Å². The number of methoxy groups -OCH3 is 1. The first-order valence-corrected chi connectivity index (χ1v) is 5.18. The molecule has 0 radical (unpaired) electrons. The van der Waals surface area contributed by atoms with Crippen LogP contribution in [-0.4, -0.2) is 19.1 Å². The van der Waals surface area contributed by atoms with Crippen LogP contribution in [0.25, 0.3) is 11.3 Å². The Morgan fingerprint density at radius 1 is 1.47 bits per heavy atom. The molecule has 0 saturated carbocycles. The summed E-state index contributed by atoms with van der Waals surface area (Å²) in [5.74, 6) is 1.02. The second kappa shape index (κ2) is 4.97. The predicted molar refractivity (Wildman–Crippen MR) is 61.2 cm³/mol. The molecular weight excluding hydrogens is 223 g/mol. The third-order valence-corrected chi connectivity index (χ3v) is 2.32. The summed E-state index contributed by atoms with van der Waals surface area (Å²) in [6, 6.07) is 4.60. The van der Waals surface area contributed by atoms with Crippen LogP contribution in [0.5, 0.6) is 5.75 Å². The fourth-order valence-corrected chi connectivity index (χ4v) is 1.49. The summed E-state index contributed by atoms with van der Waals surface area (Å²) in [4.78, 5) is 4.04. The molecule has 0 unspecified atom stereocenters. The molecule has 0 bridgehead atoms. The summed E-state index contributed by atoms with van der Waals surface area (Å²) in [5.41, 5.74) is 0.376. The van der Waals surface area contributed by atoms with Gasteiger partial charge in [0, 0.05) is 6.07 Å². The van der Waals surface area contributed by atoms with E-state index >= 15 is 0 Å². The Balaban J connectivity index is 2.32. The average molecular weight is 236 g/mol. The molecule has 4 nitrogen and oxygen atoms in total. The van der Waals surface area contributed by atoms with E-state index in [-0.39, 0.29) is 0 Å². The number of nitrogens with zero attached hydrogens (tertiary/aromatic N) is 1. The predicted octanol–water partition coefficient (Wildman–Crippen LogP) is 2.21. The van der Waals surface area contributed by atoms with Gasteiger partial charge in [-0.25, -0.2) is 9.37 Å². The van der Waals surface area contributed by atoms with Gasteiger partial charge in [0.15, 0.2) is 5.76 Å². The molecule has 0 atom stereocenters. The van der Waals surface area contributed by atoms with Crippen LogP contribution < -0.4 is 10.1 Å². The van der Waals surface area contributed by atoms with E-state index in [4.69, 9.17) is 9.15 Å². The first-order valence-electron chi connectivity index (χ1n) is 5.18. The number of hydrogen-bond acceptors (Lipinski definition) is 4. The van der Waals surface area contributed by atoms with Gasteiger partial charge in [-0.15, -0.1) is 0 Å². The van der Waals surface area contributed by atoms with E-state index in [1.165, 1.54) is 19.4 Å². The molecule has 1 N–H and O–H groups in total. The largest absolute Gasteiger partial charge is 0.497 e. The van der Waals surface area contributed by atoms with Crippen LogP contribution in [0.4, 0.5) is 4.39 Å². The molecule has 0 aliphatic rings. The topological polar surface area (TPSA) is 47.3 Å². The Labute approximate surface area is 98.4 Å². The highest BCUT2D eigenvalue weighted by Crippen LogP contribution is 2.26. The number of aromatic nitrogens is 1. The Kier molecular flexibility index (Phi) is 3.39. The summed E-state index contributed by atoms with van der Waals surface area (Å²) in [7, 11) is 3.28. The lowest BCUT2D eigenvalue weighted by atomic mass is 10.1. The molecule has 0 aliphatic carbocycles. The first-order chi connectivity index (χ1) is 8.24. The summed E-state index contributed by atoms with van der Waals surface area (Å²) in [5, 5.41) is 2.91. The lowest BCUT2D eigenvalue weighted by Gasteiger charge is -2.02. The minimum atomic E-state index is -0.392. The molecular formula is C12H13FN2O2. The average Bonchev–Trinajstić information content (AvgIpc) is 2.78. The zero-order valence-electron chi connectivity index (χ0n) is 9.66. The van der Waals surface area contributed by atoms with Crippen molar-refractivity contribution in [2.24, 2.45) is 0 Å². The molecule has 0 saturated heterocycles. The van der Waals surface area contributed by atoms with Gasteiger partial charge in [0.2, 0.25) is 5.89 Å². The highest BCUT2D eigenvalue weighted by Gasteiger charge is 2.11. The molecule has 1 aromatic carbocycles. The second-order valence-electron chi connectivity index (χ2n) is 3.49. The Morgan fingerprint density at radius 3 is 2.94 bits per heavy atom. The van der Waals surface area contributed by atoms with E-state index < -0.39 is 5.82 Å². The molecule has 0 amide bonds. The Morgan fingerprint density at radius 2 is 2.29 bits per heavy atom.